The summed E-state index contributed by atoms with van der Waals surface area (Å²) in [6.45, 7) is 4.96. The number of anilines is 1. The molecule has 0 saturated heterocycles. The van der Waals surface area contributed by atoms with Crippen LogP contribution < -0.4 is 10.1 Å². The second kappa shape index (κ2) is 6.23. The number of hydrogen-bond donors (Lipinski definition) is 1. The number of hydrogen-bond acceptors (Lipinski definition) is 2. The molecular weight excluding hydrogens is 241 g/mol. The van der Waals surface area contributed by atoms with E-state index in [4.69, 9.17) is 4.74 Å². The Kier molecular flexibility index (Phi) is 4.39. The first-order chi connectivity index (χ1) is 9.15. The molecule has 0 saturated carbocycles. The lowest BCUT2D eigenvalue weighted by Crippen LogP contribution is -2.11. The Balaban J connectivity index is 1.77. The molecule has 100 valence electrons. The number of ether oxygens (including phenoxy) is 1. The molecule has 1 N–H and O–H groups in total. The molecule has 0 aliphatic heterocycles. The van der Waals surface area contributed by atoms with Gasteiger partial charge in [-0.1, -0.05) is 23.8 Å². The van der Waals surface area contributed by atoms with Gasteiger partial charge in [0.05, 0.1) is 0 Å². The summed E-state index contributed by atoms with van der Waals surface area (Å²) in [6, 6.07) is 13.1. The fourth-order valence-corrected chi connectivity index (χ4v) is 1.70. The maximum Gasteiger partial charge on any atom is 0.129 e. The number of halogens is 1. The van der Waals surface area contributed by atoms with Gasteiger partial charge in [0.15, 0.2) is 0 Å². The van der Waals surface area contributed by atoms with Crippen molar-refractivity contribution in [2.24, 2.45) is 0 Å². The van der Waals surface area contributed by atoms with Gasteiger partial charge in [-0.25, -0.2) is 4.39 Å². The van der Waals surface area contributed by atoms with E-state index in [0.717, 1.165) is 5.69 Å². The first-order valence-corrected chi connectivity index (χ1v) is 6.34. The van der Waals surface area contributed by atoms with Crippen LogP contribution in [0.1, 0.15) is 11.1 Å². The average Bonchev–Trinajstić information content (AvgIpc) is 2.41. The minimum absolute atomic E-state index is 0.232. The van der Waals surface area contributed by atoms with Gasteiger partial charge in [-0.2, -0.15) is 0 Å². The van der Waals surface area contributed by atoms with E-state index in [0.29, 0.717) is 24.5 Å². The molecule has 0 spiro atoms. The summed E-state index contributed by atoms with van der Waals surface area (Å²) in [4.78, 5) is 0. The molecular formula is C16H18FNO. The molecule has 2 aromatic rings. The topological polar surface area (TPSA) is 21.3 Å². The fraction of sp³-hybridized carbons (Fsp3) is 0.250. The number of benzene rings is 2. The molecule has 0 radical (unpaired) electrons. The van der Waals surface area contributed by atoms with E-state index in [-0.39, 0.29) is 5.82 Å². The summed E-state index contributed by atoms with van der Waals surface area (Å²) in [6.07, 6.45) is 0. The van der Waals surface area contributed by atoms with E-state index >= 15 is 0 Å². The van der Waals surface area contributed by atoms with E-state index in [1.807, 2.05) is 12.1 Å². The maximum atomic E-state index is 13.3. The van der Waals surface area contributed by atoms with Crippen LogP contribution in [-0.2, 0) is 0 Å². The maximum absolute atomic E-state index is 13.3. The van der Waals surface area contributed by atoms with Crippen molar-refractivity contribution in [3.8, 4) is 5.75 Å². The zero-order valence-corrected chi connectivity index (χ0v) is 11.2. The molecule has 0 bridgehead atoms. The van der Waals surface area contributed by atoms with Crippen LogP contribution in [0.25, 0.3) is 0 Å². The molecule has 2 nitrogen and oxygen atoms in total. The van der Waals surface area contributed by atoms with Crippen molar-refractivity contribution < 1.29 is 9.13 Å². The lowest BCUT2D eigenvalue weighted by atomic mass is 10.2. The molecule has 0 aliphatic rings. The van der Waals surface area contributed by atoms with Crippen molar-refractivity contribution in [3.05, 3.63) is 59.4 Å². The molecule has 19 heavy (non-hydrogen) atoms. The molecule has 3 heteroatoms. The van der Waals surface area contributed by atoms with Crippen molar-refractivity contribution >= 4 is 5.69 Å². The summed E-state index contributed by atoms with van der Waals surface area (Å²) < 4.78 is 18.8. The molecule has 0 unspecified atom stereocenters. The van der Waals surface area contributed by atoms with E-state index in [1.54, 1.807) is 19.1 Å². The molecule has 0 fully saturated rings. The molecule has 0 aliphatic carbocycles. The van der Waals surface area contributed by atoms with Crippen LogP contribution in [0.3, 0.4) is 0 Å². The Bertz CT molecular complexity index is 537. The lowest BCUT2D eigenvalue weighted by Gasteiger charge is -2.09. The van der Waals surface area contributed by atoms with Gasteiger partial charge in [-0.3, -0.25) is 0 Å². The Morgan fingerprint density at radius 3 is 2.47 bits per heavy atom. The summed E-state index contributed by atoms with van der Waals surface area (Å²) in [5.41, 5.74) is 2.92. The minimum Gasteiger partial charge on any atom is -0.492 e. The Hall–Kier alpha value is -2.03. The Morgan fingerprint density at radius 2 is 1.79 bits per heavy atom. The molecule has 0 amide bonds. The van der Waals surface area contributed by atoms with Gasteiger partial charge in [-0.05, 0) is 37.6 Å². The van der Waals surface area contributed by atoms with E-state index in [9.17, 15) is 4.39 Å². The van der Waals surface area contributed by atoms with Crippen LogP contribution in [0.2, 0.25) is 0 Å². The molecule has 0 heterocycles. The minimum atomic E-state index is -0.232. The average molecular weight is 259 g/mol. The standard InChI is InChI=1S/C16H18FNO/c1-12-3-6-14(7-4-12)18-9-10-19-15-8-5-13(2)16(17)11-15/h3-8,11,18H,9-10H2,1-2H3. The van der Waals surface area contributed by atoms with Crippen molar-refractivity contribution in [2.45, 2.75) is 13.8 Å². The third-order valence-corrected chi connectivity index (χ3v) is 2.89. The fourth-order valence-electron chi connectivity index (χ4n) is 1.70. The number of nitrogens with one attached hydrogen (secondary N) is 1. The highest BCUT2D eigenvalue weighted by Gasteiger charge is 2.00. The van der Waals surface area contributed by atoms with Gasteiger partial charge >= 0.3 is 0 Å². The van der Waals surface area contributed by atoms with Crippen molar-refractivity contribution in [1.82, 2.24) is 0 Å². The van der Waals surface area contributed by atoms with E-state index < -0.39 is 0 Å². The van der Waals surface area contributed by atoms with Crippen LogP contribution in [-0.4, -0.2) is 13.2 Å². The highest BCUT2D eigenvalue weighted by atomic mass is 19.1. The first kappa shape index (κ1) is 13.4. The highest BCUT2D eigenvalue weighted by molar-refractivity contribution is 5.44. The van der Waals surface area contributed by atoms with Crippen LogP contribution >= 0.6 is 0 Å². The zero-order chi connectivity index (χ0) is 13.7. The van der Waals surface area contributed by atoms with Gasteiger partial charge in [0.2, 0.25) is 0 Å². The predicted molar refractivity (Wildman–Crippen MR) is 76.3 cm³/mol. The summed E-state index contributed by atoms with van der Waals surface area (Å²) in [5.74, 6) is 0.331. The lowest BCUT2D eigenvalue weighted by molar-refractivity contribution is 0.331. The molecule has 0 atom stereocenters. The van der Waals surface area contributed by atoms with Crippen molar-refractivity contribution in [2.75, 3.05) is 18.5 Å². The quantitative estimate of drug-likeness (QED) is 0.821. The summed E-state index contributed by atoms with van der Waals surface area (Å²) in [5, 5.41) is 3.25. The second-order valence-corrected chi connectivity index (χ2v) is 4.55. The molecule has 2 rings (SSSR count). The van der Waals surface area contributed by atoms with Gasteiger partial charge < -0.3 is 10.1 Å². The second-order valence-electron chi connectivity index (χ2n) is 4.55. The smallest absolute Gasteiger partial charge is 0.129 e. The molecule has 2 aromatic carbocycles. The van der Waals surface area contributed by atoms with Crippen molar-refractivity contribution in [3.63, 3.8) is 0 Å². The van der Waals surface area contributed by atoms with Crippen LogP contribution in [0.4, 0.5) is 10.1 Å². The predicted octanol–water partition coefficient (Wildman–Crippen LogP) is 3.93. The number of rotatable bonds is 5. The first-order valence-electron chi connectivity index (χ1n) is 6.34. The normalized spacial score (nSPS) is 10.3. The monoisotopic (exact) mass is 259 g/mol. The summed E-state index contributed by atoms with van der Waals surface area (Å²) in [7, 11) is 0. The van der Waals surface area contributed by atoms with E-state index in [2.05, 4.69) is 24.4 Å². The van der Waals surface area contributed by atoms with Crippen LogP contribution in [0.5, 0.6) is 5.75 Å². The van der Waals surface area contributed by atoms with Gasteiger partial charge in [0, 0.05) is 18.3 Å². The third-order valence-electron chi connectivity index (χ3n) is 2.89. The van der Waals surface area contributed by atoms with Gasteiger partial charge in [-0.15, -0.1) is 0 Å². The Morgan fingerprint density at radius 1 is 1.05 bits per heavy atom. The van der Waals surface area contributed by atoms with Gasteiger partial charge in [0.1, 0.15) is 18.2 Å². The molecule has 0 aromatic heterocycles. The van der Waals surface area contributed by atoms with E-state index in [1.165, 1.54) is 11.6 Å². The zero-order valence-electron chi connectivity index (χ0n) is 11.2. The highest BCUT2D eigenvalue weighted by Crippen LogP contribution is 2.15. The van der Waals surface area contributed by atoms with Crippen molar-refractivity contribution in [1.29, 1.82) is 0 Å². The third kappa shape index (κ3) is 3.98. The van der Waals surface area contributed by atoms with Gasteiger partial charge in [0.25, 0.3) is 0 Å². The summed E-state index contributed by atoms with van der Waals surface area (Å²) >= 11 is 0. The number of aryl methyl sites for hydroxylation is 2. The largest absolute Gasteiger partial charge is 0.492 e. The van der Waals surface area contributed by atoms with Crippen LogP contribution in [0.15, 0.2) is 42.5 Å². The Labute approximate surface area is 113 Å². The van der Waals surface area contributed by atoms with Crippen LogP contribution in [0, 0.1) is 19.7 Å². The SMILES string of the molecule is Cc1ccc(NCCOc2ccc(C)c(F)c2)cc1.